The van der Waals surface area contributed by atoms with Gasteiger partial charge in [-0.15, -0.1) is 0 Å². The molecule has 0 aromatic carbocycles. The molecule has 0 saturated carbocycles. The number of carbonyl (C=O) groups excluding carboxylic acids is 1. The highest BCUT2D eigenvalue weighted by Crippen LogP contribution is 2.23. The first-order chi connectivity index (χ1) is 7.25. The third-order valence-corrected chi connectivity index (χ3v) is 3.57. The predicted octanol–water partition coefficient (Wildman–Crippen LogP) is 1.15. The number of nitrogens with two attached hydrogens (primary N) is 1. The third kappa shape index (κ3) is 2.81. The van der Waals surface area contributed by atoms with Crippen molar-refractivity contribution in [1.29, 1.82) is 0 Å². The van der Waals surface area contributed by atoms with Crippen LogP contribution in [0, 0.1) is 11.8 Å². The molecule has 1 fully saturated rings. The summed E-state index contributed by atoms with van der Waals surface area (Å²) in [6.45, 7) is 3.08. The number of rotatable bonds is 3. The molecule has 1 aliphatic carbocycles. The number of likely N-dealkylation sites (tertiary alicyclic amines) is 1. The molecule has 1 saturated heterocycles. The molecule has 2 rings (SSSR count). The number of carbonyl (C=O) groups is 1. The fraction of sp³-hybridized carbons (Fsp3) is 0.750. The van der Waals surface area contributed by atoms with E-state index >= 15 is 0 Å². The summed E-state index contributed by atoms with van der Waals surface area (Å²) in [4.78, 5) is 13.4. The van der Waals surface area contributed by atoms with Gasteiger partial charge in [-0.05, 0) is 38.1 Å². The summed E-state index contributed by atoms with van der Waals surface area (Å²) in [7, 11) is 0. The summed E-state index contributed by atoms with van der Waals surface area (Å²) < 4.78 is 0. The summed E-state index contributed by atoms with van der Waals surface area (Å²) in [5.74, 6) is 0.770. The molecule has 0 aromatic heterocycles. The zero-order valence-electron chi connectivity index (χ0n) is 9.19. The topological polar surface area (TPSA) is 46.3 Å². The predicted molar refractivity (Wildman–Crippen MR) is 60.2 cm³/mol. The highest BCUT2D eigenvalue weighted by atomic mass is 16.1. The fourth-order valence-corrected chi connectivity index (χ4v) is 2.62. The molecule has 0 spiro atoms. The van der Waals surface area contributed by atoms with Crippen LogP contribution >= 0.6 is 0 Å². The lowest BCUT2D eigenvalue weighted by molar-refractivity contribution is -0.121. The Morgan fingerprint density at radius 3 is 2.87 bits per heavy atom. The molecule has 1 amide bonds. The number of primary amides is 1. The monoisotopic (exact) mass is 208 g/mol. The van der Waals surface area contributed by atoms with Gasteiger partial charge in [-0.1, -0.05) is 12.2 Å². The van der Waals surface area contributed by atoms with Crippen LogP contribution in [0.5, 0.6) is 0 Å². The summed E-state index contributed by atoms with van der Waals surface area (Å²) >= 11 is 0. The van der Waals surface area contributed by atoms with Crippen molar-refractivity contribution in [2.75, 3.05) is 19.6 Å². The minimum Gasteiger partial charge on any atom is -0.369 e. The molecule has 0 radical (unpaired) electrons. The largest absolute Gasteiger partial charge is 0.369 e. The van der Waals surface area contributed by atoms with Crippen LogP contribution in [0.1, 0.15) is 25.7 Å². The van der Waals surface area contributed by atoms with E-state index in [2.05, 4.69) is 17.1 Å². The van der Waals surface area contributed by atoms with E-state index in [1.807, 2.05) is 0 Å². The minimum absolute atomic E-state index is 0.101. The van der Waals surface area contributed by atoms with Gasteiger partial charge >= 0.3 is 0 Å². The highest BCUT2D eigenvalue weighted by molar-refractivity contribution is 5.77. The Morgan fingerprint density at radius 2 is 2.27 bits per heavy atom. The van der Waals surface area contributed by atoms with Crippen molar-refractivity contribution in [3.63, 3.8) is 0 Å². The third-order valence-electron chi connectivity index (χ3n) is 3.57. The van der Waals surface area contributed by atoms with Crippen LogP contribution in [0.4, 0.5) is 0 Å². The zero-order valence-corrected chi connectivity index (χ0v) is 9.19. The number of amides is 1. The van der Waals surface area contributed by atoms with Crippen LogP contribution in [0.2, 0.25) is 0 Å². The fourth-order valence-electron chi connectivity index (χ4n) is 2.62. The second kappa shape index (κ2) is 4.79. The molecule has 0 aromatic rings. The summed E-state index contributed by atoms with van der Waals surface area (Å²) in [6.07, 6.45) is 9.24. The molecule has 2 N–H and O–H groups in total. The van der Waals surface area contributed by atoms with Gasteiger partial charge in [0.1, 0.15) is 0 Å². The molecule has 84 valence electrons. The second-order valence-corrected chi connectivity index (χ2v) is 4.80. The van der Waals surface area contributed by atoms with E-state index in [0.717, 1.165) is 32.0 Å². The van der Waals surface area contributed by atoms with Crippen molar-refractivity contribution >= 4 is 5.91 Å². The van der Waals surface area contributed by atoms with Crippen LogP contribution in [0.3, 0.4) is 0 Å². The SMILES string of the molecule is NC(=O)C1CCN(CC2CC=CCC2)C1. The van der Waals surface area contributed by atoms with E-state index in [4.69, 9.17) is 5.73 Å². The van der Waals surface area contributed by atoms with E-state index in [9.17, 15) is 4.79 Å². The lowest BCUT2D eigenvalue weighted by Crippen LogP contribution is -2.31. The first-order valence-electron chi connectivity index (χ1n) is 5.92. The Balaban J connectivity index is 1.76. The normalized spacial score (nSPS) is 32.0. The Kier molecular flexibility index (Phi) is 3.41. The molecular weight excluding hydrogens is 188 g/mol. The molecule has 2 atom stereocenters. The van der Waals surface area contributed by atoms with Crippen LogP contribution in [0.25, 0.3) is 0 Å². The van der Waals surface area contributed by atoms with Crippen molar-refractivity contribution in [3.8, 4) is 0 Å². The van der Waals surface area contributed by atoms with Gasteiger partial charge in [-0.25, -0.2) is 0 Å². The Hall–Kier alpha value is -0.830. The van der Waals surface area contributed by atoms with Gasteiger partial charge in [0.15, 0.2) is 0 Å². The van der Waals surface area contributed by atoms with Crippen LogP contribution in [0.15, 0.2) is 12.2 Å². The van der Waals surface area contributed by atoms with E-state index in [1.54, 1.807) is 0 Å². The van der Waals surface area contributed by atoms with Gasteiger partial charge in [0.2, 0.25) is 5.91 Å². The van der Waals surface area contributed by atoms with Gasteiger partial charge in [-0.3, -0.25) is 4.79 Å². The average molecular weight is 208 g/mol. The minimum atomic E-state index is -0.124. The van der Waals surface area contributed by atoms with Gasteiger partial charge in [0, 0.05) is 13.1 Å². The standard InChI is InChI=1S/C12H20N2O/c13-12(15)11-6-7-14(9-11)8-10-4-2-1-3-5-10/h1-2,10-11H,3-9H2,(H2,13,15). The van der Waals surface area contributed by atoms with Crippen LogP contribution in [-0.2, 0) is 4.79 Å². The maximum absolute atomic E-state index is 11.0. The molecule has 2 aliphatic rings. The molecule has 3 nitrogen and oxygen atoms in total. The van der Waals surface area contributed by atoms with Gasteiger partial charge in [-0.2, -0.15) is 0 Å². The van der Waals surface area contributed by atoms with E-state index in [-0.39, 0.29) is 11.8 Å². The van der Waals surface area contributed by atoms with Gasteiger partial charge in [0.05, 0.1) is 5.92 Å². The van der Waals surface area contributed by atoms with Crippen LogP contribution in [-0.4, -0.2) is 30.4 Å². The summed E-state index contributed by atoms with van der Waals surface area (Å²) in [5, 5.41) is 0. The zero-order chi connectivity index (χ0) is 10.7. The molecule has 1 aliphatic heterocycles. The van der Waals surface area contributed by atoms with Crippen molar-refractivity contribution in [2.24, 2.45) is 17.6 Å². The Bertz CT molecular complexity index is 262. The van der Waals surface area contributed by atoms with Crippen molar-refractivity contribution in [2.45, 2.75) is 25.7 Å². The highest BCUT2D eigenvalue weighted by Gasteiger charge is 2.27. The van der Waals surface area contributed by atoms with E-state index in [1.165, 1.54) is 19.3 Å². The van der Waals surface area contributed by atoms with Crippen LogP contribution < -0.4 is 5.73 Å². The van der Waals surface area contributed by atoms with Crippen molar-refractivity contribution < 1.29 is 4.79 Å². The summed E-state index contributed by atoms with van der Waals surface area (Å²) in [5.41, 5.74) is 5.32. The smallest absolute Gasteiger partial charge is 0.221 e. The maximum Gasteiger partial charge on any atom is 0.221 e. The first-order valence-corrected chi connectivity index (χ1v) is 5.92. The molecule has 15 heavy (non-hydrogen) atoms. The summed E-state index contributed by atoms with van der Waals surface area (Å²) in [6, 6.07) is 0. The quantitative estimate of drug-likeness (QED) is 0.707. The molecule has 2 unspecified atom stereocenters. The van der Waals surface area contributed by atoms with Gasteiger partial charge < -0.3 is 10.6 Å². The number of nitrogens with zero attached hydrogens (tertiary/aromatic N) is 1. The number of hydrogen-bond acceptors (Lipinski definition) is 2. The molecular formula is C12H20N2O. The number of hydrogen-bond donors (Lipinski definition) is 1. The Labute approximate surface area is 91.3 Å². The lowest BCUT2D eigenvalue weighted by atomic mass is 9.94. The first kappa shape index (κ1) is 10.7. The van der Waals surface area contributed by atoms with E-state index in [0.29, 0.717) is 0 Å². The molecule has 1 heterocycles. The molecule has 0 bridgehead atoms. The average Bonchev–Trinajstić information content (AvgIpc) is 2.68. The van der Waals surface area contributed by atoms with Crippen molar-refractivity contribution in [3.05, 3.63) is 12.2 Å². The molecule has 3 heteroatoms. The maximum atomic E-state index is 11.0. The van der Waals surface area contributed by atoms with E-state index < -0.39 is 0 Å². The van der Waals surface area contributed by atoms with Gasteiger partial charge in [0.25, 0.3) is 0 Å². The number of allylic oxidation sites excluding steroid dienone is 2. The Morgan fingerprint density at radius 1 is 1.40 bits per heavy atom. The second-order valence-electron chi connectivity index (χ2n) is 4.80. The lowest BCUT2D eigenvalue weighted by Gasteiger charge is -2.24. The van der Waals surface area contributed by atoms with Crippen molar-refractivity contribution in [1.82, 2.24) is 4.90 Å².